The molecule has 0 aliphatic carbocycles. The minimum absolute atomic E-state index is 0.808. The van der Waals surface area contributed by atoms with E-state index in [-0.39, 0.29) is 0 Å². The molecule has 0 aliphatic rings. The van der Waals surface area contributed by atoms with Gasteiger partial charge in [0.1, 0.15) is 5.75 Å². The van der Waals surface area contributed by atoms with E-state index in [1.165, 1.54) is 19.3 Å². The Labute approximate surface area is 105 Å². The second kappa shape index (κ2) is 7.96. The van der Waals surface area contributed by atoms with Gasteiger partial charge in [-0.2, -0.15) is 0 Å². The lowest BCUT2D eigenvalue weighted by molar-refractivity contribution is 0.414. The molecule has 0 saturated carbocycles. The summed E-state index contributed by atoms with van der Waals surface area (Å²) >= 11 is 0. The second-order valence-corrected chi connectivity index (χ2v) is 4.30. The van der Waals surface area contributed by atoms with E-state index in [0.29, 0.717) is 0 Å². The van der Waals surface area contributed by atoms with Crippen molar-refractivity contribution in [2.45, 2.75) is 25.7 Å². The number of rotatable bonds is 8. The summed E-state index contributed by atoms with van der Waals surface area (Å²) in [5.74, 6) is 0.942. The number of benzene rings is 1. The van der Waals surface area contributed by atoms with Gasteiger partial charge < -0.3 is 15.4 Å². The molecular weight excluding hydrogens is 212 g/mol. The Balaban J connectivity index is 2.38. The maximum atomic E-state index is 5.47. The molecule has 3 nitrogen and oxygen atoms in total. The first-order valence-electron chi connectivity index (χ1n) is 6.34. The molecule has 0 aliphatic heterocycles. The van der Waals surface area contributed by atoms with E-state index in [1.54, 1.807) is 7.11 Å². The first-order valence-corrected chi connectivity index (χ1v) is 6.34. The van der Waals surface area contributed by atoms with Crippen LogP contribution in [-0.2, 0) is 0 Å². The summed E-state index contributed by atoms with van der Waals surface area (Å²) in [5.41, 5.74) is 6.63. The number of unbranched alkanes of at least 4 members (excludes halogenated alkanes) is 3. The van der Waals surface area contributed by atoms with Crippen LogP contribution in [0.25, 0.3) is 0 Å². The lowest BCUT2D eigenvalue weighted by Gasteiger charge is -2.21. The van der Waals surface area contributed by atoms with E-state index in [9.17, 15) is 0 Å². The van der Waals surface area contributed by atoms with Crippen LogP contribution in [0.15, 0.2) is 24.3 Å². The summed E-state index contributed by atoms with van der Waals surface area (Å²) in [6.45, 7) is 1.87. The van der Waals surface area contributed by atoms with E-state index in [1.807, 2.05) is 18.2 Å². The quantitative estimate of drug-likeness (QED) is 0.705. The molecule has 3 heteroatoms. The minimum atomic E-state index is 0.808. The lowest BCUT2D eigenvalue weighted by Crippen LogP contribution is -2.19. The van der Waals surface area contributed by atoms with Gasteiger partial charge in [0.2, 0.25) is 0 Å². The minimum Gasteiger partial charge on any atom is -0.495 e. The number of nitrogens with zero attached hydrogens (tertiary/aromatic N) is 1. The number of hydrogen-bond donors (Lipinski definition) is 1. The highest BCUT2D eigenvalue weighted by atomic mass is 16.5. The standard InChI is InChI=1S/C14H24N2O/c1-16(12-8-4-3-7-11-15)13-9-5-6-10-14(13)17-2/h5-6,9-10H,3-4,7-8,11-12,15H2,1-2H3. The first-order chi connectivity index (χ1) is 8.29. The van der Waals surface area contributed by atoms with Crippen LogP contribution >= 0.6 is 0 Å². The zero-order valence-electron chi connectivity index (χ0n) is 11.0. The fourth-order valence-corrected chi connectivity index (χ4v) is 1.91. The molecule has 0 saturated heterocycles. The highest BCUT2D eigenvalue weighted by molar-refractivity contribution is 5.57. The summed E-state index contributed by atoms with van der Waals surface area (Å²) < 4.78 is 5.35. The topological polar surface area (TPSA) is 38.5 Å². The van der Waals surface area contributed by atoms with Gasteiger partial charge >= 0.3 is 0 Å². The van der Waals surface area contributed by atoms with Crippen molar-refractivity contribution in [3.8, 4) is 5.75 Å². The molecule has 17 heavy (non-hydrogen) atoms. The van der Waals surface area contributed by atoms with E-state index in [2.05, 4.69) is 18.0 Å². The van der Waals surface area contributed by atoms with Gasteiger partial charge in [-0.15, -0.1) is 0 Å². The molecule has 2 N–H and O–H groups in total. The average Bonchev–Trinajstić information content (AvgIpc) is 2.38. The number of nitrogens with two attached hydrogens (primary N) is 1. The molecule has 0 spiro atoms. The van der Waals surface area contributed by atoms with Gasteiger partial charge in [0.25, 0.3) is 0 Å². The molecule has 0 radical (unpaired) electrons. The third-order valence-corrected chi connectivity index (χ3v) is 2.94. The molecule has 0 heterocycles. The van der Waals surface area contributed by atoms with Crippen molar-refractivity contribution < 1.29 is 4.74 Å². The maximum absolute atomic E-state index is 5.47. The van der Waals surface area contributed by atoms with Crippen LogP contribution in [0, 0.1) is 0 Å². The largest absolute Gasteiger partial charge is 0.495 e. The predicted octanol–water partition coefficient (Wildman–Crippen LogP) is 2.65. The average molecular weight is 236 g/mol. The Hall–Kier alpha value is -1.22. The van der Waals surface area contributed by atoms with Crippen LogP contribution < -0.4 is 15.4 Å². The monoisotopic (exact) mass is 236 g/mol. The number of ether oxygens (including phenoxy) is 1. The van der Waals surface area contributed by atoms with Crippen LogP contribution in [0.5, 0.6) is 5.75 Å². The summed E-state index contributed by atoms with van der Waals surface area (Å²) in [6, 6.07) is 8.14. The van der Waals surface area contributed by atoms with Crippen LogP contribution in [-0.4, -0.2) is 27.2 Å². The van der Waals surface area contributed by atoms with Crippen molar-refractivity contribution in [3.05, 3.63) is 24.3 Å². The van der Waals surface area contributed by atoms with E-state index >= 15 is 0 Å². The van der Waals surface area contributed by atoms with Gasteiger partial charge in [-0.1, -0.05) is 25.0 Å². The number of methoxy groups -OCH3 is 1. The number of hydrogen-bond acceptors (Lipinski definition) is 3. The summed E-state index contributed by atoms with van der Waals surface area (Å²) in [6.07, 6.45) is 4.82. The van der Waals surface area contributed by atoms with Gasteiger partial charge in [-0.3, -0.25) is 0 Å². The molecule has 0 unspecified atom stereocenters. The Kier molecular flexibility index (Phi) is 6.48. The summed E-state index contributed by atoms with van der Waals surface area (Å²) in [7, 11) is 3.83. The first kappa shape index (κ1) is 13.8. The van der Waals surface area contributed by atoms with Crippen LogP contribution in [0.1, 0.15) is 25.7 Å². The predicted molar refractivity (Wildman–Crippen MR) is 73.8 cm³/mol. The Morgan fingerprint density at radius 3 is 2.53 bits per heavy atom. The van der Waals surface area contributed by atoms with Crippen LogP contribution in [0.3, 0.4) is 0 Å². The van der Waals surface area contributed by atoms with Gasteiger partial charge in [0, 0.05) is 13.6 Å². The van der Waals surface area contributed by atoms with Crippen molar-refractivity contribution >= 4 is 5.69 Å². The van der Waals surface area contributed by atoms with Crippen LogP contribution in [0.4, 0.5) is 5.69 Å². The van der Waals surface area contributed by atoms with Gasteiger partial charge in [-0.25, -0.2) is 0 Å². The normalized spacial score (nSPS) is 10.3. The zero-order chi connectivity index (χ0) is 12.5. The molecule has 0 aromatic heterocycles. The molecule has 0 amide bonds. The van der Waals surface area contributed by atoms with Crippen molar-refractivity contribution in [1.82, 2.24) is 0 Å². The molecule has 1 rings (SSSR count). The maximum Gasteiger partial charge on any atom is 0.142 e. The number of anilines is 1. The summed E-state index contributed by atoms with van der Waals surface area (Å²) in [5, 5.41) is 0. The third kappa shape index (κ3) is 4.65. The molecule has 0 fully saturated rings. The fourth-order valence-electron chi connectivity index (χ4n) is 1.91. The molecule has 1 aromatic rings. The highest BCUT2D eigenvalue weighted by Gasteiger charge is 2.06. The second-order valence-electron chi connectivity index (χ2n) is 4.30. The molecular formula is C14H24N2O. The van der Waals surface area contributed by atoms with Crippen molar-refractivity contribution in [2.24, 2.45) is 5.73 Å². The highest BCUT2D eigenvalue weighted by Crippen LogP contribution is 2.26. The zero-order valence-corrected chi connectivity index (χ0v) is 11.0. The van der Waals surface area contributed by atoms with E-state index in [4.69, 9.17) is 10.5 Å². The lowest BCUT2D eigenvalue weighted by atomic mass is 10.2. The smallest absolute Gasteiger partial charge is 0.142 e. The van der Waals surface area contributed by atoms with Crippen molar-refractivity contribution in [1.29, 1.82) is 0 Å². The van der Waals surface area contributed by atoms with Gasteiger partial charge in [0.15, 0.2) is 0 Å². The third-order valence-electron chi connectivity index (χ3n) is 2.94. The van der Waals surface area contributed by atoms with Gasteiger partial charge in [-0.05, 0) is 31.5 Å². The Morgan fingerprint density at radius 1 is 1.12 bits per heavy atom. The van der Waals surface area contributed by atoms with Crippen LogP contribution in [0.2, 0.25) is 0 Å². The summed E-state index contributed by atoms with van der Waals surface area (Å²) in [4.78, 5) is 2.25. The number of para-hydroxylation sites is 2. The van der Waals surface area contributed by atoms with Crippen molar-refractivity contribution in [2.75, 3.05) is 32.1 Å². The Morgan fingerprint density at radius 2 is 1.82 bits per heavy atom. The molecule has 0 atom stereocenters. The molecule has 1 aromatic carbocycles. The van der Waals surface area contributed by atoms with Gasteiger partial charge in [0.05, 0.1) is 12.8 Å². The van der Waals surface area contributed by atoms with E-state index < -0.39 is 0 Å². The Bertz CT molecular complexity index is 315. The SMILES string of the molecule is COc1ccccc1N(C)CCCCCCN. The van der Waals surface area contributed by atoms with Crippen molar-refractivity contribution in [3.63, 3.8) is 0 Å². The molecule has 0 bridgehead atoms. The van der Waals surface area contributed by atoms with E-state index in [0.717, 1.165) is 30.9 Å². The fraction of sp³-hybridized carbons (Fsp3) is 0.571. The molecule has 96 valence electrons.